The molecule has 2 heterocycles. The van der Waals surface area contributed by atoms with Gasteiger partial charge in [-0.3, -0.25) is 9.48 Å². The maximum atomic E-state index is 12.7. The van der Waals surface area contributed by atoms with E-state index in [1.807, 2.05) is 20.8 Å². The average Bonchev–Trinajstić information content (AvgIpc) is 3.16. The van der Waals surface area contributed by atoms with Gasteiger partial charge in [0.05, 0.1) is 6.61 Å². The Kier molecular flexibility index (Phi) is 4.79. The van der Waals surface area contributed by atoms with Gasteiger partial charge >= 0.3 is 5.97 Å². The van der Waals surface area contributed by atoms with E-state index in [9.17, 15) is 9.59 Å². The molecule has 0 saturated carbocycles. The van der Waals surface area contributed by atoms with Crippen LogP contribution in [-0.4, -0.2) is 28.3 Å². The molecular formula is C19H21N3O4. The van der Waals surface area contributed by atoms with Gasteiger partial charge in [0.25, 0.3) is 5.91 Å². The third kappa shape index (κ3) is 3.20. The second kappa shape index (κ2) is 7.03. The lowest BCUT2D eigenvalue weighted by molar-refractivity contribution is 0.0494. The second-order valence-corrected chi connectivity index (χ2v) is 6.19. The van der Waals surface area contributed by atoms with Crippen LogP contribution in [-0.2, 0) is 4.74 Å². The number of aromatic nitrogens is 2. The van der Waals surface area contributed by atoms with Gasteiger partial charge in [-0.25, -0.2) is 4.79 Å². The molecule has 1 amide bonds. The fourth-order valence-electron chi connectivity index (χ4n) is 2.81. The minimum atomic E-state index is -0.622. The van der Waals surface area contributed by atoms with Crippen LogP contribution >= 0.6 is 0 Å². The van der Waals surface area contributed by atoms with E-state index >= 15 is 0 Å². The van der Waals surface area contributed by atoms with Crippen LogP contribution in [0.15, 0.2) is 34.7 Å². The van der Waals surface area contributed by atoms with E-state index in [0.29, 0.717) is 16.7 Å². The molecule has 0 unspecified atom stereocenters. The molecule has 0 radical (unpaired) electrons. The van der Waals surface area contributed by atoms with Gasteiger partial charge in [-0.15, -0.1) is 0 Å². The number of nitrogens with one attached hydrogen (secondary N) is 1. The van der Waals surface area contributed by atoms with Crippen molar-refractivity contribution in [2.75, 3.05) is 11.9 Å². The molecule has 0 saturated heterocycles. The zero-order valence-electron chi connectivity index (χ0n) is 15.2. The zero-order chi connectivity index (χ0) is 18.8. The lowest BCUT2D eigenvalue weighted by atomic mass is 10.2. The summed E-state index contributed by atoms with van der Waals surface area (Å²) in [5.74, 6) is -1.06. The molecule has 1 aromatic carbocycles. The van der Waals surface area contributed by atoms with Crippen LogP contribution in [0.2, 0.25) is 0 Å². The lowest BCUT2D eigenvalue weighted by Gasteiger charge is -2.07. The van der Waals surface area contributed by atoms with Crippen molar-refractivity contribution < 1.29 is 18.7 Å². The summed E-state index contributed by atoms with van der Waals surface area (Å²) in [6.07, 6.45) is 0. The smallest absolute Gasteiger partial charge is 0.376 e. The maximum absolute atomic E-state index is 12.7. The molecule has 26 heavy (non-hydrogen) atoms. The number of nitrogens with zero attached hydrogens (tertiary/aromatic N) is 2. The number of aryl methyl sites for hydroxylation is 1. The van der Waals surface area contributed by atoms with Crippen molar-refractivity contribution in [2.24, 2.45) is 0 Å². The lowest BCUT2D eigenvalue weighted by Crippen LogP contribution is -2.16. The molecule has 7 heteroatoms. The molecule has 2 aromatic heterocycles. The average molecular weight is 355 g/mol. The zero-order valence-corrected chi connectivity index (χ0v) is 15.2. The number of fused-ring (bicyclic) bond motifs is 1. The molecule has 136 valence electrons. The van der Waals surface area contributed by atoms with Crippen molar-refractivity contribution in [1.82, 2.24) is 9.78 Å². The number of para-hydroxylation sites is 1. The fourth-order valence-corrected chi connectivity index (χ4v) is 2.81. The van der Waals surface area contributed by atoms with Gasteiger partial charge in [-0.1, -0.05) is 12.1 Å². The molecule has 0 aliphatic carbocycles. The highest BCUT2D eigenvalue weighted by atomic mass is 16.5. The van der Waals surface area contributed by atoms with E-state index in [0.717, 1.165) is 5.69 Å². The molecule has 1 N–H and O–H groups in total. The van der Waals surface area contributed by atoms with Crippen molar-refractivity contribution in [3.05, 3.63) is 47.5 Å². The first-order valence-electron chi connectivity index (χ1n) is 8.48. The number of hydrogen-bond donors (Lipinski definition) is 1. The van der Waals surface area contributed by atoms with Crippen molar-refractivity contribution in [3.63, 3.8) is 0 Å². The molecule has 3 aromatic rings. The Morgan fingerprint density at radius 2 is 2.04 bits per heavy atom. The summed E-state index contributed by atoms with van der Waals surface area (Å²) in [5.41, 5.74) is 1.94. The van der Waals surface area contributed by atoms with E-state index in [4.69, 9.17) is 9.15 Å². The topological polar surface area (TPSA) is 86.4 Å². The van der Waals surface area contributed by atoms with E-state index < -0.39 is 11.9 Å². The van der Waals surface area contributed by atoms with E-state index in [1.165, 1.54) is 0 Å². The molecule has 0 spiro atoms. The summed E-state index contributed by atoms with van der Waals surface area (Å²) in [7, 11) is 0. The number of rotatable bonds is 5. The summed E-state index contributed by atoms with van der Waals surface area (Å²) < 4.78 is 12.4. The number of ether oxygens (including phenoxy) is 1. The highest BCUT2D eigenvalue weighted by molar-refractivity contribution is 6.13. The molecular weight excluding hydrogens is 334 g/mol. The number of carbonyl (C=O) groups is 2. The number of amides is 1. The first kappa shape index (κ1) is 17.7. The molecule has 0 atom stereocenters. The van der Waals surface area contributed by atoms with Crippen molar-refractivity contribution >= 4 is 28.5 Å². The number of carbonyl (C=O) groups excluding carboxylic acids is 2. The third-order valence-corrected chi connectivity index (χ3v) is 3.94. The van der Waals surface area contributed by atoms with E-state index in [2.05, 4.69) is 10.4 Å². The first-order chi connectivity index (χ1) is 12.4. The summed E-state index contributed by atoms with van der Waals surface area (Å²) in [5, 5.41) is 7.73. The van der Waals surface area contributed by atoms with Crippen molar-refractivity contribution in [2.45, 2.75) is 33.7 Å². The number of hydrogen-bond acceptors (Lipinski definition) is 5. The maximum Gasteiger partial charge on any atom is 0.376 e. The fraction of sp³-hybridized carbons (Fsp3) is 0.316. The highest BCUT2D eigenvalue weighted by Gasteiger charge is 2.24. The Balaban J connectivity index is 1.99. The van der Waals surface area contributed by atoms with Gasteiger partial charge < -0.3 is 14.5 Å². The Labute approximate surface area is 150 Å². The van der Waals surface area contributed by atoms with Gasteiger partial charge in [0.15, 0.2) is 5.69 Å². The van der Waals surface area contributed by atoms with Gasteiger partial charge in [-0.05, 0) is 45.9 Å². The Morgan fingerprint density at radius 3 is 2.69 bits per heavy atom. The van der Waals surface area contributed by atoms with Gasteiger partial charge in [-0.2, -0.15) is 5.10 Å². The van der Waals surface area contributed by atoms with Gasteiger partial charge in [0.1, 0.15) is 11.3 Å². The minimum Gasteiger partial charge on any atom is -0.460 e. The molecule has 0 aliphatic heterocycles. The van der Waals surface area contributed by atoms with Gasteiger partial charge in [0.2, 0.25) is 5.76 Å². The normalized spacial score (nSPS) is 11.1. The minimum absolute atomic E-state index is 0.0265. The summed E-state index contributed by atoms with van der Waals surface area (Å²) in [6.45, 7) is 7.79. The largest absolute Gasteiger partial charge is 0.460 e. The number of esters is 1. The molecule has 0 bridgehead atoms. The Bertz CT molecular complexity index is 968. The SMILES string of the molecule is CCOC(=O)c1oc2ccccc2c1NC(=O)c1cc(C)n(C(C)C)n1. The predicted octanol–water partition coefficient (Wildman–Crippen LogP) is 3.95. The van der Waals surface area contributed by atoms with E-state index in [-0.39, 0.29) is 24.1 Å². The van der Waals surface area contributed by atoms with Crippen LogP contribution in [0.5, 0.6) is 0 Å². The van der Waals surface area contributed by atoms with Crippen LogP contribution < -0.4 is 5.32 Å². The quantitative estimate of drug-likeness (QED) is 0.700. The standard InChI is InChI=1S/C19H21N3O4/c1-5-25-19(24)17-16(13-8-6-7-9-15(13)26-17)20-18(23)14-10-12(4)22(21-14)11(2)3/h6-11H,5H2,1-4H3,(H,20,23). The Hall–Kier alpha value is -3.09. The number of anilines is 1. The summed E-state index contributed by atoms with van der Waals surface area (Å²) >= 11 is 0. The first-order valence-corrected chi connectivity index (χ1v) is 8.48. The van der Waals surface area contributed by atoms with Crippen molar-refractivity contribution in [3.8, 4) is 0 Å². The second-order valence-electron chi connectivity index (χ2n) is 6.19. The predicted molar refractivity (Wildman–Crippen MR) is 97.5 cm³/mol. The van der Waals surface area contributed by atoms with E-state index in [1.54, 1.807) is 41.9 Å². The van der Waals surface area contributed by atoms with Crippen molar-refractivity contribution in [1.29, 1.82) is 0 Å². The highest BCUT2D eigenvalue weighted by Crippen LogP contribution is 2.31. The molecule has 0 aliphatic rings. The van der Waals surface area contributed by atoms with Crippen LogP contribution in [0.3, 0.4) is 0 Å². The Morgan fingerprint density at radius 1 is 1.31 bits per heavy atom. The number of benzene rings is 1. The van der Waals surface area contributed by atoms with Crippen LogP contribution in [0.1, 0.15) is 53.6 Å². The molecule has 0 fully saturated rings. The third-order valence-electron chi connectivity index (χ3n) is 3.94. The molecule has 3 rings (SSSR count). The van der Waals surface area contributed by atoms with Crippen LogP contribution in [0.25, 0.3) is 11.0 Å². The van der Waals surface area contributed by atoms with Crippen LogP contribution in [0, 0.1) is 6.92 Å². The summed E-state index contributed by atoms with van der Waals surface area (Å²) in [6, 6.07) is 8.95. The molecule has 7 nitrogen and oxygen atoms in total. The monoisotopic (exact) mass is 355 g/mol. The van der Waals surface area contributed by atoms with Gasteiger partial charge in [0, 0.05) is 17.1 Å². The summed E-state index contributed by atoms with van der Waals surface area (Å²) in [4.78, 5) is 24.9. The van der Waals surface area contributed by atoms with Crippen LogP contribution in [0.4, 0.5) is 5.69 Å². The number of furan rings is 1.